The normalized spacial score (nSPS) is 10.7. The first-order valence-electron chi connectivity index (χ1n) is 11.0. The van der Waals surface area contributed by atoms with Gasteiger partial charge in [-0.2, -0.15) is 0 Å². The van der Waals surface area contributed by atoms with Crippen molar-refractivity contribution in [1.29, 1.82) is 0 Å². The van der Waals surface area contributed by atoms with E-state index in [1.54, 1.807) is 36.4 Å². The van der Waals surface area contributed by atoms with E-state index in [-0.39, 0.29) is 18.4 Å². The van der Waals surface area contributed by atoms with Crippen molar-refractivity contribution >= 4 is 29.4 Å². The van der Waals surface area contributed by atoms with Crippen molar-refractivity contribution in [3.8, 4) is 16.9 Å². The number of carbonyl (C=O) groups is 2. The van der Waals surface area contributed by atoms with Crippen LogP contribution in [0, 0.1) is 6.92 Å². The number of imidazole rings is 1. The molecular formula is C27H25ClN4O2. The van der Waals surface area contributed by atoms with E-state index in [9.17, 15) is 9.59 Å². The molecule has 172 valence electrons. The molecule has 0 aliphatic carbocycles. The van der Waals surface area contributed by atoms with Crippen molar-refractivity contribution in [1.82, 2.24) is 14.5 Å². The number of nitrogens with zero attached hydrogens (tertiary/aromatic N) is 3. The molecule has 0 saturated carbocycles. The Labute approximate surface area is 203 Å². The highest BCUT2D eigenvalue weighted by molar-refractivity contribution is 6.30. The predicted octanol–water partition coefficient (Wildman–Crippen LogP) is 5.60. The molecule has 1 heterocycles. The van der Waals surface area contributed by atoms with Gasteiger partial charge in [0.25, 0.3) is 5.91 Å². The Hall–Kier alpha value is -3.90. The maximum Gasteiger partial charge on any atom is 0.254 e. The van der Waals surface area contributed by atoms with E-state index >= 15 is 0 Å². The lowest BCUT2D eigenvalue weighted by Gasteiger charge is -2.20. The Morgan fingerprint density at radius 1 is 0.971 bits per heavy atom. The average molecular weight is 473 g/mol. The molecule has 0 spiro atoms. The molecule has 4 aromatic rings. The average Bonchev–Trinajstić information content (AvgIpc) is 3.27. The number of amides is 2. The van der Waals surface area contributed by atoms with Gasteiger partial charge in [0.15, 0.2) is 0 Å². The summed E-state index contributed by atoms with van der Waals surface area (Å²) in [5.74, 6) is -0.142. The summed E-state index contributed by atoms with van der Waals surface area (Å²) < 4.78 is 1.83. The number of nitrogens with one attached hydrogen (secondary N) is 1. The minimum Gasteiger partial charge on any atom is -0.330 e. The third kappa shape index (κ3) is 5.35. The summed E-state index contributed by atoms with van der Waals surface area (Å²) in [4.78, 5) is 32.0. The number of benzene rings is 3. The van der Waals surface area contributed by atoms with Gasteiger partial charge in [-0.1, -0.05) is 59.6 Å². The van der Waals surface area contributed by atoms with Crippen molar-refractivity contribution < 1.29 is 9.59 Å². The lowest BCUT2D eigenvalue weighted by atomic mass is 10.2. The Morgan fingerprint density at radius 2 is 1.65 bits per heavy atom. The predicted molar refractivity (Wildman–Crippen MR) is 135 cm³/mol. The quantitative estimate of drug-likeness (QED) is 0.380. The van der Waals surface area contributed by atoms with Crippen LogP contribution in [0.2, 0.25) is 5.02 Å². The molecule has 1 N–H and O–H groups in total. The highest BCUT2D eigenvalue weighted by Crippen LogP contribution is 2.26. The van der Waals surface area contributed by atoms with E-state index in [2.05, 4.69) is 10.3 Å². The maximum absolute atomic E-state index is 13.0. The molecule has 2 amide bonds. The lowest BCUT2D eigenvalue weighted by molar-refractivity contribution is -0.116. The third-order valence-corrected chi connectivity index (χ3v) is 5.69. The fourth-order valence-corrected chi connectivity index (χ4v) is 3.68. The van der Waals surface area contributed by atoms with Gasteiger partial charge in [0.1, 0.15) is 6.54 Å². The summed E-state index contributed by atoms with van der Waals surface area (Å²) in [5, 5.41) is 3.53. The zero-order chi connectivity index (χ0) is 24.1. The monoisotopic (exact) mass is 472 g/mol. The van der Waals surface area contributed by atoms with Crippen LogP contribution in [-0.2, 0) is 4.79 Å². The van der Waals surface area contributed by atoms with E-state index in [1.165, 1.54) is 4.90 Å². The molecule has 0 saturated heterocycles. The molecule has 3 aromatic carbocycles. The van der Waals surface area contributed by atoms with Crippen LogP contribution in [0.3, 0.4) is 0 Å². The number of hydrogen-bond acceptors (Lipinski definition) is 3. The summed E-state index contributed by atoms with van der Waals surface area (Å²) in [7, 11) is 0. The number of likely N-dealkylation sites (N-methyl/N-ethyl adjacent to an activating group) is 1. The summed E-state index contributed by atoms with van der Waals surface area (Å²) >= 11 is 6.03. The first kappa shape index (κ1) is 23.3. The summed E-state index contributed by atoms with van der Waals surface area (Å²) in [5.41, 5.74) is 4.11. The molecular weight excluding hydrogens is 448 g/mol. The smallest absolute Gasteiger partial charge is 0.254 e. The number of carbonyl (C=O) groups excluding carboxylic acids is 2. The molecule has 1 aromatic heterocycles. The summed E-state index contributed by atoms with van der Waals surface area (Å²) in [6, 6.07) is 24.2. The van der Waals surface area contributed by atoms with Crippen LogP contribution in [0.4, 0.5) is 5.95 Å². The van der Waals surface area contributed by atoms with Crippen LogP contribution in [0.15, 0.2) is 85.1 Å². The van der Waals surface area contributed by atoms with E-state index in [0.29, 0.717) is 28.8 Å². The molecule has 0 unspecified atom stereocenters. The van der Waals surface area contributed by atoms with Gasteiger partial charge >= 0.3 is 0 Å². The molecule has 0 bridgehead atoms. The van der Waals surface area contributed by atoms with E-state index in [4.69, 9.17) is 11.6 Å². The molecule has 4 rings (SSSR count). The summed E-state index contributed by atoms with van der Waals surface area (Å²) in [6.07, 6.45) is 1.87. The van der Waals surface area contributed by atoms with Crippen LogP contribution in [0.1, 0.15) is 22.8 Å². The van der Waals surface area contributed by atoms with Crippen LogP contribution in [0.25, 0.3) is 16.9 Å². The second kappa shape index (κ2) is 10.4. The maximum atomic E-state index is 13.0. The zero-order valence-electron chi connectivity index (χ0n) is 19.0. The Kier molecular flexibility index (Phi) is 7.09. The van der Waals surface area contributed by atoms with E-state index in [0.717, 1.165) is 16.8 Å². The van der Waals surface area contributed by atoms with Gasteiger partial charge in [0.2, 0.25) is 11.9 Å². The second-order valence-corrected chi connectivity index (χ2v) is 8.33. The Morgan fingerprint density at radius 3 is 2.29 bits per heavy atom. The van der Waals surface area contributed by atoms with E-state index in [1.807, 2.05) is 67.1 Å². The largest absolute Gasteiger partial charge is 0.330 e. The van der Waals surface area contributed by atoms with Crippen LogP contribution < -0.4 is 5.32 Å². The van der Waals surface area contributed by atoms with Gasteiger partial charge in [-0.15, -0.1) is 0 Å². The fraction of sp³-hybridized carbons (Fsp3) is 0.148. The molecule has 0 fully saturated rings. The van der Waals surface area contributed by atoms with Crippen molar-refractivity contribution in [2.45, 2.75) is 13.8 Å². The molecule has 7 heteroatoms. The summed E-state index contributed by atoms with van der Waals surface area (Å²) in [6.45, 7) is 4.19. The Balaban J connectivity index is 1.60. The number of rotatable bonds is 7. The van der Waals surface area contributed by atoms with Gasteiger partial charge in [-0.25, -0.2) is 4.98 Å². The van der Waals surface area contributed by atoms with Gasteiger partial charge in [0, 0.05) is 34.6 Å². The molecule has 6 nitrogen and oxygen atoms in total. The number of anilines is 1. The number of aryl methyl sites for hydroxylation is 1. The molecule has 0 aliphatic heterocycles. The Bertz CT molecular complexity index is 1280. The highest BCUT2D eigenvalue weighted by Gasteiger charge is 2.19. The standard InChI is InChI=1S/C27H25ClN4O2/c1-3-31(26(34)21-7-5-4-6-8-21)18-25(33)30-27-29-24(20-11-13-22(28)14-12-20)17-32(27)23-15-9-19(2)10-16-23/h4-17H,3,18H2,1-2H3,(H,29,30,33). The minimum absolute atomic E-state index is 0.0821. The topological polar surface area (TPSA) is 67.2 Å². The number of aromatic nitrogens is 2. The zero-order valence-corrected chi connectivity index (χ0v) is 19.8. The number of hydrogen-bond donors (Lipinski definition) is 1. The highest BCUT2D eigenvalue weighted by atomic mass is 35.5. The van der Waals surface area contributed by atoms with Crippen LogP contribution in [-0.4, -0.2) is 39.4 Å². The molecule has 0 aliphatic rings. The van der Waals surface area contributed by atoms with Gasteiger partial charge in [-0.3, -0.25) is 19.5 Å². The second-order valence-electron chi connectivity index (χ2n) is 7.90. The molecule has 0 radical (unpaired) electrons. The van der Waals surface area contributed by atoms with Crippen molar-refractivity contribution in [2.75, 3.05) is 18.4 Å². The van der Waals surface area contributed by atoms with Crippen molar-refractivity contribution in [2.24, 2.45) is 0 Å². The van der Waals surface area contributed by atoms with Crippen LogP contribution >= 0.6 is 11.6 Å². The fourth-order valence-electron chi connectivity index (χ4n) is 3.56. The van der Waals surface area contributed by atoms with Crippen LogP contribution in [0.5, 0.6) is 0 Å². The van der Waals surface area contributed by atoms with E-state index < -0.39 is 0 Å². The first-order valence-corrected chi connectivity index (χ1v) is 11.4. The first-order chi connectivity index (χ1) is 16.4. The molecule has 34 heavy (non-hydrogen) atoms. The third-order valence-electron chi connectivity index (χ3n) is 5.43. The lowest BCUT2D eigenvalue weighted by Crippen LogP contribution is -2.38. The number of halogens is 1. The molecule has 0 atom stereocenters. The minimum atomic E-state index is -0.326. The van der Waals surface area contributed by atoms with Gasteiger partial charge in [0.05, 0.1) is 5.69 Å². The SMILES string of the molecule is CCN(CC(=O)Nc1nc(-c2ccc(Cl)cc2)cn1-c1ccc(C)cc1)C(=O)c1ccccc1. The van der Waals surface area contributed by atoms with Gasteiger partial charge in [-0.05, 0) is 50.2 Å². The van der Waals surface area contributed by atoms with Crippen molar-refractivity contribution in [3.05, 3.63) is 101 Å². The van der Waals surface area contributed by atoms with Gasteiger partial charge < -0.3 is 4.90 Å². The van der Waals surface area contributed by atoms with Crippen molar-refractivity contribution in [3.63, 3.8) is 0 Å².